The Bertz CT molecular complexity index is 390. The van der Waals surface area contributed by atoms with E-state index < -0.39 is 0 Å². The fraction of sp³-hybridized carbons (Fsp3) is 0.625. The van der Waals surface area contributed by atoms with Crippen molar-refractivity contribution in [3.63, 3.8) is 0 Å². The minimum absolute atomic E-state index is 0.785. The average Bonchev–Trinajstić information content (AvgIpc) is 2.37. The number of likely N-dealkylation sites (tertiary alicyclic amines) is 1. The minimum Gasteiger partial charge on any atom is -0.317 e. The van der Waals surface area contributed by atoms with Gasteiger partial charge in [-0.1, -0.05) is 24.3 Å². The standard InChI is InChI=1S/C16H24N2/c1-18-11-15(12-18)16-5-3-2-4-14(16)10-13-6-8-17-9-7-13/h2-5,13,15,17H,6-12H2,1H3. The maximum atomic E-state index is 3.46. The smallest absolute Gasteiger partial charge is 0.00961 e. The zero-order chi connectivity index (χ0) is 12.4. The van der Waals surface area contributed by atoms with Crippen LogP contribution in [0.4, 0.5) is 0 Å². The molecular weight excluding hydrogens is 220 g/mol. The van der Waals surface area contributed by atoms with Gasteiger partial charge in [0.2, 0.25) is 0 Å². The van der Waals surface area contributed by atoms with E-state index in [1.54, 1.807) is 11.1 Å². The molecule has 2 saturated heterocycles. The first-order valence-electron chi connectivity index (χ1n) is 7.30. The van der Waals surface area contributed by atoms with Gasteiger partial charge in [0.05, 0.1) is 0 Å². The zero-order valence-electron chi connectivity index (χ0n) is 11.4. The molecule has 0 radical (unpaired) electrons. The van der Waals surface area contributed by atoms with Gasteiger partial charge in [0, 0.05) is 19.0 Å². The molecule has 0 saturated carbocycles. The Morgan fingerprint density at radius 2 is 1.89 bits per heavy atom. The Morgan fingerprint density at radius 3 is 2.61 bits per heavy atom. The summed E-state index contributed by atoms with van der Waals surface area (Å²) in [6.45, 7) is 4.89. The largest absolute Gasteiger partial charge is 0.317 e. The highest BCUT2D eigenvalue weighted by Crippen LogP contribution is 2.30. The fourth-order valence-corrected chi connectivity index (χ4v) is 3.41. The van der Waals surface area contributed by atoms with Crippen molar-refractivity contribution in [1.82, 2.24) is 10.2 Å². The van der Waals surface area contributed by atoms with Crippen molar-refractivity contribution in [2.24, 2.45) is 5.92 Å². The van der Waals surface area contributed by atoms with Crippen LogP contribution in [0.5, 0.6) is 0 Å². The molecule has 2 fully saturated rings. The van der Waals surface area contributed by atoms with Crippen molar-refractivity contribution in [2.45, 2.75) is 25.2 Å². The van der Waals surface area contributed by atoms with E-state index in [1.807, 2.05) is 0 Å². The summed E-state index contributed by atoms with van der Waals surface area (Å²) in [5.41, 5.74) is 3.23. The average molecular weight is 244 g/mol. The Balaban J connectivity index is 1.70. The molecule has 0 spiro atoms. The van der Waals surface area contributed by atoms with Gasteiger partial charge in [0.1, 0.15) is 0 Å². The first kappa shape index (κ1) is 12.2. The third-order valence-corrected chi connectivity index (χ3v) is 4.53. The lowest BCUT2D eigenvalue weighted by Gasteiger charge is -2.38. The number of piperidine rings is 1. The van der Waals surface area contributed by atoms with Crippen LogP contribution >= 0.6 is 0 Å². The van der Waals surface area contributed by atoms with E-state index in [1.165, 1.54) is 45.4 Å². The number of benzene rings is 1. The highest BCUT2D eigenvalue weighted by Gasteiger charge is 2.27. The van der Waals surface area contributed by atoms with Gasteiger partial charge in [0.15, 0.2) is 0 Å². The summed E-state index contributed by atoms with van der Waals surface area (Å²) in [6.07, 6.45) is 3.98. The summed E-state index contributed by atoms with van der Waals surface area (Å²) in [5, 5.41) is 3.46. The molecular formula is C16H24N2. The van der Waals surface area contributed by atoms with Crippen LogP contribution in [0.25, 0.3) is 0 Å². The molecule has 2 heteroatoms. The summed E-state index contributed by atoms with van der Waals surface area (Å²) in [5.74, 6) is 1.68. The molecule has 2 aliphatic rings. The molecule has 0 bridgehead atoms. The predicted molar refractivity (Wildman–Crippen MR) is 76.0 cm³/mol. The summed E-state index contributed by atoms with van der Waals surface area (Å²) >= 11 is 0. The second kappa shape index (κ2) is 5.41. The van der Waals surface area contributed by atoms with Crippen LogP contribution in [0.3, 0.4) is 0 Å². The molecule has 0 atom stereocenters. The zero-order valence-corrected chi connectivity index (χ0v) is 11.4. The predicted octanol–water partition coefficient (Wildman–Crippen LogP) is 2.26. The lowest BCUT2D eigenvalue weighted by atomic mass is 9.83. The molecule has 0 amide bonds. The molecule has 0 aliphatic carbocycles. The third-order valence-electron chi connectivity index (χ3n) is 4.53. The Kier molecular flexibility index (Phi) is 3.67. The van der Waals surface area contributed by atoms with Crippen LogP contribution in [0.2, 0.25) is 0 Å². The lowest BCUT2D eigenvalue weighted by molar-refractivity contribution is 0.188. The maximum Gasteiger partial charge on any atom is 0.00961 e. The van der Waals surface area contributed by atoms with Gasteiger partial charge < -0.3 is 10.2 Å². The van der Waals surface area contributed by atoms with Gasteiger partial charge in [-0.05, 0) is 56.4 Å². The number of nitrogens with zero attached hydrogens (tertiary/aromatic N) is 1. The van der Waals surface area contributed by atoms with Gasteiger partial charge in [0.25, 0.3) is 0 Å². The molecule has 1 aromatic rings. The Hall–Kier alpha value is -0.860. The molecule has 0 unspecified atom stereocenters. The van der Waals surface area contributed by atoms with Gasteiger partial charge in [-0.2, -0.15) is 0 Å². The van der Waals surface area contributed by atoms with E-state index in [9.17, 15) is 0 Å². The van der Waals surface area contributed by atoms with E-state index in [4.69, 9.17) is 0 Å². The van der Waals surface area contributed by atoms with Gasteiger partial charge in [-0.3, -0.25) is 0 Å². The van der Waals surface area contributed by atoms with E-state index in [0.717, 1.165) is 11.8 Å². The van der Waals surface area contributed by atoms with Gasteiger partial charge in [-0.15, -0.1) is 0 Å². The van der Waals surface area contributed by atoms with Crippen molar-refractivity contribution < 1.29 is 0 Å². The first-order chi connectivity index (χ1) is 8.83. The normalized spacial score (nSPS) is 22.9. The number of hydrogen-bond acceptors (Lipinski definition) is 2. The second-order valence-electron chi connectivity index (χ2n) is 6.01. The van der Waals surface area contributed by atoms with Crippen LogP contribution in [-0.2, 0) is 6.42 Å². The number of hydrogen-bond donors (Lipinski definition) is 1. The van der Waals surface area contributed by atoms with Crippen LogP contribution < -0.4 is 5.32 Å². The maximum absolute atomic E-state index is 3.46. The van der Waals surface area contributed by atoms with Crippen LogP contribution in [0, 0.1) is 5.92 Å². The Labute approximate surface area is 110 Å². The van der Waals surface area contributed by atoms with Crippen LogP contribution in [0.1, 0.15) is 29.9 Å². The topological polar surface area (TPSA) is 15.3 Å². The summed E-state index contributed by atoms with van der Waals surface area (Å²) < 4.78 is 0. The van der Waals surface area contributed by atoms with Crippen LogP contribution in [-0.4, -0.2) is 38.1 Å². The SMILES string of the molecule is CN1CC(c2ccccc2CC2CCNCC2)C1. The number of rotatable bonds is 3. The molecule has 2 heterocycles. The molecule has 2 nitrogen and oxygen atoms in total. The quantitative estimate of drug-likeness (QED) is 0.877. The summed E-state index contributed by atoms with van der Waals surface area (Å²) in [4.78, 5) is 2.41. The molecule has 18 heavy (non-hydrogen) atoms. The minimum atomic E-state index is 0.785. The van der Waals surface area contributed by atoms with Crippen molar-refractivity contribution in [2.75, 3.05) is 33.2 Å². The monoisotopic (exact) mass is 244 g/mol. The summed E-state index contributed by atoms with van der Waals surface area (Å²) in [7, 11) is 2.21. The van der Waals surface area contributed by atoms with Gasteiger partial charge >= 0.3 is 0 Å². The molecule has 0 aromatic heterocycles. The van der Waals surface area contributed by atoms with Crippen molar-refractivity contribution >= 4 is 0 Å². The Morgan fingerprint density at radius 1 is 1.17 bits per heavy atom. The fourth-order valence-electron chi connectivity index (χ4n) is 3.41. The van der Waals surface area contributed by atoms with E-state index in [2.05, 4.69) is 41.5 Å². The van der Waals surface area contributed by atoms with Crippen molar-refractivity contribution in [1.29, 1.82) is 0 Å². The highest BCUT2D eigenvalue weighted by molar-refractivity contribution is 5.33. The van der Waals surface area contributed by atoms with Crippen molar-refractivity contribution in [3.05, 3.63) is 35.4 Å². The van der Waals surface area contributed by atoms with E-state index in [-0.39, 0.29) is 0 Å². The van der Waals surface area contributed by atoms with Crippen LogP contribution in [0.15, 0.2) is 24.3 Å². The second-order valence-corrected chi connectivity index (χ2v) is 6.01. The third kappa shape index (κ3) is 2.60. The van der Waals surface area contributed by atoms with Crippen molar-refractivity contribution in [3.8, 4) is 0 Å². The molecule has 2 aliphatic heterocycles. The van der Waals surface area contributed by atoms with E-state index in [0.29, 0.717) is 0 Å². The summed E-state index contributed by atoms with van der Waals surface area (Å²) in [6, 6.07) is 9.13. The van der Waals surface area contributed by atoms with E-state index >= 15 is 0 Å². The molecule has 1 aromatic carbocycles. The molecule has 1 N–H and O–H groups in total. The molecule has 3 rings (SSSR count). The number of nitrogens with one attached hydrogen (secondary N) is 1. The first-order valence-corrected chi connectivity index (χ1v) is 7.30. The molecule has 98 valence electrons. The lowest BCUT2D eigenvalue weighted by Crippen LogP contribution is -2.42. The number of likely N-dealkylation sites (N-methyl/N-ethyl adjacent to an activating group) is 1. The van der Waals surface area contributed by atoms with Gasteiger partial charge in [-0.25, -0.2) is 0 Å². The highest BCUT2D eigenvalue weighted by atomic mass is 15.2.